The maximum absolute atomic E-state index is 12.1. The van der Waals surface area contributed by atoms with E-state index in [0.29, 0.717) is 0 Å². The Hall–Kier alpha value is -0.910. The fraction of sp³-hybridized carbons (Fsp3) is 0.600. The van der Waals surface area contributed by atoms with Crippen molar-refractivity contribution in [3.8, 4) is 0 Å². The number of aliphatic hydroxyl groups is 1. The topological polar surface area (TPSA) is 63.6 Å². The summed E-state index contributed by atoms with van der Waals surface area (Å²) >= 11 is 0. The van der Waals surface area contributed by atoms with Crippen LogP contribution < -0.4 is 0 Å². The van der Waals surface area contributed by atoms with Crippen molar-refractivity contribution >= 4 is 10.1 Å². The standard InChI is InChI=1S/C15H22O4S/c1-12-5-7-14(8-6-12)20(17,18)19-11-13(2)15(16)9-3-4-10-15/h5-8,13,16H,3-4,9-11H2,1-2H3/t13-/m0/s1. The van der Waals surface area contributed by atoms with E-state index in [2.05, 4.69) is 0 Å². The average Bonchev–Trinajstić information content (AvgIpc) is 2.85. The maximum Gasteiger partial charge on any atom is 0.296 e. The van der Waals surface area contributed by atoms with Crippen molar-refractivity contribution in [2.45, 2.75) is 50.0 Å². The van der Waals surface area contributed by atoms with Crippen molar-refractivity contribution in [2.24, 2.45) is 5.92 Å². The second-order valence-electron chi connectivity index (χ2n) is 5.76. The summed E-state index contributed by atoms with van der Waals surface area (Å²) in [6.07, 6.45) is 3.43. The zero-order valence-electron chi connectivity index (χ0n) is 12.0. The van der Waals surface area contributed by atoms with E-state index in [9.17, 15) is 13.5 Å². The molecule has 0 aliphatic heterocycles. The van der Waals surface area contributed by atoms with Crippen LogP contribution in [0.2, 0.25) is 0 Å². The van der Waals surface area contributed by atoms with E-state index in [0.717, 1.165) is 31.2 Å². The molecular formula is C15H22O4S. The molecular weight excluding hydrogens is 276 g/mol. The molecule has 4 nitrogen and oxygen atoms in total. The first-order chi connectivity index (χ1) is 9.33. The summed E-state index contributed by atoms with van der Waals surface area (Å²) in [5.74, 6) is -0.190. The summed E-state index contributed by atoms with van der Waals surface area (Å²) in [6, 6.07) is 6.56. The van der Waals surface area contributed by atoms with Gasteiger partial charge in [-0.25, -0.2) is 0 Å². The van der Waals surface area contributed by atoms with Crippen molar-refractivity contribution in [3.63, 3.8) is 0 Å². The van der Waals surface area contributed by atoms with Gasteiger partial charge in [-0.3, -0.25) is 4.18 Å². The number of hydrogen-bond acceptors (Lipinski definition) is 4. The molecule has 0 amide bonds. The molecule has 1 aromatic carbocycles. The number of rotatable bonds is 5. The van der Waals surface area contributed by atoms with Gasteiger partial charge in [0.15, 0.2) is 0 Å². The van der Waals surface area contributed by atoms with Crippen molar-refractivity contribution in [2.75, 3.05) is 6.61 Å². The normalized spacial score (nSPS) is 19.9. The van der Waals surface area contributed by atoms with Crippen molar-refractivity contribution in [1.82, 2.24) is 0 Å². The van der Waals surface area contributed by atoms with Crippen LogP contribution in [-0.2, 0) is 14.3 Å². The zero-order chi connectivity index (χ0) is 14.8. The fourth-order valence-corrected chi connectivity index (χ4v) is 3.59. The highest BCUT2D eigenvalue weighted by Crippen LogP contribution is 2.36. The lowest BCUT2D eigenvalue weighted by atomic mass is 9.88. The van der Waals surface area contributed by atoms with Gasteiger partial charge in [0.25, 0.3) is 10.1 Å². The fourth-order valence-electron chi connectivity index (χ4n) is 2.60. The molecule has 0 radical (unpaired) electrons. The molecule has 1 atom stereocenters. The second-order valence-corrected chi connectivity index (χ2v) is 7.38. The molecule has 2 rings (SSSR count). The number of aryl methyl sites for hydroxylation is 1. The molecule has 0 bridgehead atoms. The number of hydrogen-bond donors (Lipinski definition) is 1. The average molecular weight is 298 g/mol. The van der Waals surface area contributed by atoms with Crippen LogP contribution in [0.1, 0.15) is 38.2 Å². The quantitative estimate of drug-likeness (QED) is 0.849. The lowest BCUT2D eigenvalue weighted by Gasteiger charge is -2.29. The number of benzene rings is 1. The Morgan fingerprint density at radius 3 is 2.35 bits per heavy atom. The van der Waals surface area contributed by atoms with Crippen LogP contribution >= 0.6 is 0 Å². The minimum Gasteiger partial charge on any atom is -0.390 e. The predicted octanol–water partition coefficient (Wildman–Crippen LogP) is 2.64. The lowest BCUT2D eigenvalue weighted by Crippen LogP contribution is -2.36. The minimum atomic E-state index is -3.74. The lowest BCUT2D eigenvalue weighted by molar-refractivity contribution is -0.0210. The van der Waals surface area contributed by atoms with Gasteiger partial charge in [0.2, 0.25) is 0 Å². The van der Waals surface area contributed by atoms with E-state index in [4.69, 9.17) is 4.18 Å². The molecule has 1 aromatic rings. The predicted molar refractivity (Wildman–Crippen MR) is 76.9 cm³/mol. The van der Waals surface area contributed by atoms with Gasteiger partial charge in [0.1, 0.15) is 0 Å². The molecule has 112 valence electrons. The minimum absolute atomic E-state index is 0.0205. The SMILES string of the molecule is Cc1ccc(S(=O)(=O)OC[C@H](C)C2(O)CCCC2)cc1. The van der Waals surface area contributed by atoms with Gasteiger partial charge in [-0.2, -0.15) is 8.42 Å². The summed E-state index contributed by atoms with van der Waals surface area (Å²) < 4.78 is 29.2. The van der Waals surface area contributed by atoms with E-state index in [1.807, 2.05) is 13.8 Å². The van der Waals surface area contributed by atoms with Gasteiger partial charge in [0, 0.05) is 5.92 Å². The van der Waals surface area contributed by atoms with Crippen LogP contribution in [0.4, 0.5) is 0 Å². The summed E-state index contributed by atoms with van der Waals surface area (Å²) in [6.45, 7) is 3.76. The van der Waals surface area contributed by atoms with E-state index in [1.165, 1.54) is 0 Å². The highest BCUT2D eigenvalue weighted by Gasteiger charge is 2.37. The maximum atomic E-state index is 12.1. The molecule has 0 saturated heterocycles. The molecule has 0 unspecified atom stereocenters. The molecule has 1 aliphatic rings. The second kappa shape index (κ2) is 5.84. The molecule has 0 heterocycles. The Kier molecular flexibility index (Phi) is 4.52. The summed E-state index contributed by atoms with van der Waals surface area (Å²) in [7, 11) is -3.74. The van der Waals surface area contributed by atoms with Gasteiger partial charge in [-0.15, -0.1) is 0 Å². The Bertz CT molecular complexity index is 542. The molecule has 1 saturated carbocycles. The first-order valence-electron chi connectivity index (χ1n) is 7.02. The van der Waals surface area contributed by atoms with Crippen LogP contribution in [0.15, 0.2) is 29.2 Å². The first-order valence-corrected chi connectivity index (χ1v) is 8.43. The van der Waals surface area contributed by atoms with Crippen LogP contribution in [0, 0.1) is 12.8 Å². The Morgan fingerprint density at radius 1 is 1.25 bits per heavy atom. The molecule has 1 N–H and O–H groups in total. The highest BCUT2D eigenvalue weighted by atomic mass is 32.2. The van der Waals surface area contributed by atoms with E-state index < -0.39 is 15.7 Å². The van der Waals surface area contributed by atoms with Gasteiger partial charge >= 0.3 is 0 Å². The third-order valence-electron chi connectivity index (χ3n) is 4.17. The van der Waals surface area contributed by atoms with Crippen molar-refractivity contribution in [3.05, 3.63) is 29.8 Å². The molecule has 20 heavy (non-hydrogen) atoms. The van der Waals surface area contributed by atoms with Gasteiger partial charge in [-0.05, 0) is 31.9 Å². The summed E-state index contributed by atoms with van der Waals surface area (Å²) in [5, 5.41) is 10.4. The van der Waals surface area contributed by atoms with E-state index in [-0.39, 0.29) is 17.4 Å². The van der Waals surface area contributed by atoms with Crippen molar-refractivity contribution < 1.29 is 17.7 Å². The third-order valence-corrected chi connectivity index (χ3v) is 5.47. The highest BCUT2D eigenvalue weighted by molar-refractivity contribution is 7.86. The van der Waals surface area contributed by atoms with Crippen LogP contribution in [0.3, 0.4) is 0 Å². The van der Waals surface area contributed by atoms with Crippen LogP contribution in [-0.4, -0.2) is 25.7 Å². The van der Waals surface area contributed by atoms with E-state index in [1.54, 1.807) is 24.3 Å². The zero-order valence-corrected chi connectivity index (χ0v) is 12.8. The summed E-state index contributed by atoms with van der Waals surface area (Å²) in [4.78, 5) is 0.161. The largest absolute Gasteiger partial charge is 0.390 e. The first kappa shape index (κ1) is 15.5. The molecule has 0 spiro atoms. The van der Waals surface area contributed by atoms with Gasteiger partial charge in [-0.1, -0.05) is 37.5 Å². The summed E-state index contributed by atoms with van der Waals surface area (Å²) in [5.41, 5.74) is 0.223. The Labute approximate surface area is 120 Å². The Balaban J connectivity index is 2.00. The Morgan fingerprint density at radius 2 is 1.80 bits per heavy atom. The van der Waals surface area contributed by atoms with E-state index >= 15 is 0 Å². The van der Waals surface area contributed by atoms with Crippen LogP contribution in [0.5, 0.6) is 0 Å². The molecule has 0 aromatic heterocycles. The molecule has 5 heteroatoms. The van der Waals surface area contributed by atoms with Gasteiger partial charge in [0.05, 0.1) is 17.1 Å². The molecule has 1 fully saturated rings. The smallest absolute Gasteiger partial charge is 0.296 e. The van der Waals surface area contributed by atoms with Crippen LogP contribution in [0.25, 0.3) is 0 Å². The molecule has 1 aliphatic carbocycles. The third kappa shape index (κ3) is 3.40. The van der Waals surface area contributed by atoms with Crippen molar-refractivity contribution in [1.29, 1.82) is 0 Å². The monoisotopic (exact) mass is 298 g/mol. The van der Waals surface area contributed by atoms with Gasteiger partial charge < -0.3 is 5.11 Å².